The van der Waals surface area contributed by atoms with Gasteiger partial charge in [0.15, 0.2) is 29.1 Å². The Morgan fingerprint density at radius 2 is 1.75 bits per heavy atom. The molecule has 1 heterocycles. The summed E-state index contributed by atoms with van der Waals surface area (Å²) in [4.78, 5) is 3.65. The summed E-state index contributed by atoms with van der Waals surface area (Å²) in [5, 5.41) is 10.6. The van der Waals surface area contributed by atoms with Crippen LogP contribution in [0, 0.1) is 34.6 Å². The van der Waals surface area contributed by atoms with Gasteiger partial charge in [-0.3, -0.25) is 0 Å². The zero-order valence-electron chi connectivity index (χ0n) is 9.52. The fourth-order valence-electron chi connectivity index (χ4n) is 1.42. The summed E-state index contributed by atoms with van der Waals surface area (Å²) in [6.07, 6.45) is 1.15. The number of hydrogen-bond donors (Lipinski definition) is 1. The summed E-state index contributed by atoms with van der Waals surface area (Å²) < 4.78 is 53.0. The van der Waals surface area contributed by atoms with E-state index in [9.17, 15) is 17.6 Å². The minimum atomic E-state index is -1.62. The average molecular weight is 302 g/mol. The largest absolute Gasteiger partial charge is 0.334 e. The highest BCUT2D eigenvalue weighted by molar-refractivity contribution is 6.34. The van der Waals surface area contributed by atoms with Crippen LogP contribution >= 0.6 is 11.6 Å². The van der Waals surface area contributed by atoms with E-state index in [1.165, 1.54) is 6.07 Å². The van der Waals surface area contributed by atoms with Crippen molar-refractivity contribution in [3.8, 4) is 6.07 Å². The summed E-state index contributed by atoms with van der Waals surface area (Å²) in [6, 6.07) is 3.08. The van der Waals surface area contributed by atoms with Gasteiger partial charge in [-0.15, -0.1) is 0 Å². The van der Waals surface area contributed by atoms with Crippen molar-refractivity contribution in [2.75, 3.05) is 5.32 Å². The number of pyridine rings is 1. The molecule has 0 amide bonds. The lowest BCUT2D eigenvalue weighted by atomic mass is 10.2. The molecule has 20 heavy (non-hydrogen) atoms. The van der Waals surface area contributed by atoms with Gasteiger partial charge in [0.25, 0.3) is 0 Å². The van der Waals surface area contributed by atoms with Crippen LogP contribution in [0.25, 0.3) is 0 Å². The van der Waals surface area contributed by atoms with Gasteiger partial charge >= 0.3 is 0 Å². The highest BCUT2D eigenvalue weighted by atomic mass is 35.5. The van der Waals surface area contributed by atoms with Gasteiger partial charge in [-0.05, 0) is 6.07 Å². The molecule has 2 aromatic rings. The maximum atomic E-state index is 13.5. The van der Waals surface area contributed by atoms with Crippen molar-refractivity contribution in [1.82, 2.24) is 4.98 Å². The topological polar surface area (TPSA) is 48.7 Å². The number of aromatic nitrogens is 1. The van der Waals surface area contributed by atoms with Gasteiger partial charge in [0.05, 0.1) is 5.56 Å². The Hall–Kier alpha value is -2.33. The Morgan fingerprint density at radius 3 is 2.30 bits per heavy atom. The van der Waals surface area contributed by atoms with Crippen LogP contribution in [0.2, 0.25) is 5.02 Å². The highest BCUT2D eigenvalue weighted by Crippen LogP contribution is 2.30. The van der Waals surface area contributed by atoms with Gasteiger partial charge in [0, 0.05) is 12.3 Å². The van der Waals surface area contributed by atoms with Crippen molar-refractivity contribution in [3.63, 3.8) is 0 Å². The Morgan fingerprint density at radius 1 is 1.15 bits per heavy atom. The number of benzene rings is 1. The number of nitrogens with zero attached hydrogens (tertiary/aromatic N) is 2. The fourth-order valence-corrected chi connectivity index (χ4v) is 1.62. The molecule has 0 aliphatic rings. The molecule has 102 valence electrons. The second-order valence-electron chi connectivity index (χ2n) is 3.60. The van der Waals surface area contributed by atoms with Gasteiger partial charge < -0.3 is 5.32 Å². The summed E-state index contributed by atoms with van der Waals surface area (Å²) in [5.74, 6) is -6.68. The van der Waals surface area contributed by atoms with Crippen LogP contribution in [0.15, 0.2) is 18.3 Å². The Kier molecular flexibility index (Phi) is 3.77. The first-order valence-corrected chi connectivity index (χ1v) is 5.48. The number of nitriles is 1. The van der Waals surface area contributed by atoms with Crippen LogP contribution in [0.4, 0.5) is 29.1 Å². The molecule has 0 fully saturated rings. The normalized spacial score (nSPS) is 10.2. The van der Waals surface area contributed by atoms with Crippen molar-refractivity contribution < 1.29 is 17.6 Å². The van der Waals surface area contributed by atoms with Gasteiger partial charge in [0.1, 0.15) is 16.8 Å². The molecule has 0 unspecified atom stereocenters. The Labute approximate surface area is 115 Å². The van der Waals surface area contributed by atoms with Crippen molar-refractivity contribution >= 4 is 23.1 Å². The Balaban J connectivity index is 2.54. The van der Waals surface area contributed by atoms with Crippen LogP contribution in [-0.2, 0) is 0 Å². The minimum Gasteiger partial charge on any atom is -0.334 e. The second-order valence-corrected chi connectivity index (χ2v) is 3.98. The van der Waals surface area contributed by atoms with Gasteiger partial charge in [-0.1, -0.05) is 11.6 Å². The molecule has 1 aromatic heterocycles. The number of nitrogens with one attached hydrogen (secondary N) is 1. The molecule has 0 bridgehead atoms. The monoisotopic (exact) mass is 301 g/mol. The van der Waals surface area contributed by atoms with Crippen LogP contribution in [0.3, 0.4) is 0 Å². The van der Waals surface area contributed by atoms with Crippen molar-refractivity contribution in [1.29, 1.82) is 5.26 Å². The molecule has 1 aromatic carbocycles. The molecule has 0 aliphatic carbocycles. The molecule has 0 saturated heterocycles. The van der Waals surface area contributed by atoms with E-state index in [-0.39, 0.29) is 22.5 Å². The molecule has 1 N–H and O–H groups in total. The van der Waals surface area contributed by atoms with Crippen LogP contribution < -0.4 is 5.32 Å². The maximum absolute atomic E-state index is 13.5. The highest BCUT2D eigenvalue weighted by Gasteiger charge is 2.20. The van der Waals surface area contributed by atoms with E-state index < -0.39 is 29.0 Å². The quantitative estimate of drug-likeness (QED) is 0.676. The first-order valence-electron chi connectivity index (χ1n) is 5.10. The number of hydrogen-bond acceptors (Lipinski definition) is 3. The standard InChI is InChI=1S/C12H4ClF4N3/c13-8-5(4-18)1-2-19-12(8)20-11-9(16)6(14)3-7(15)10(11)17/h1-3H,(H,19,20). The average Bonchev–Trinajstić information content (AvgIpc) is 2.43. The molecular weight excluding hydrogens is 298 g/mol. The molecule has 0 aliphatic heterocycles. The third-order valence-electron chi connectivity index (χ3n) is 2.36. The third kappa shape index (κ3) is 2.38. The number of rotatable bonds is 2. The molecule has 0 saturated carbocycles. The second kappa shape index (κ2) is 5.35. The number of anilines is 2. The first-order chi connectivity index (χ1) is 9.45. The van der Waals surface area contributed by atoms with Crippen molar-refractivity contribution in [2.45, 2.75) is 0 Å². The molecule has 3 nitrogen and oxygen atoms in total. The SMILES string of the molecule is N#Cc1ccnc(Nc2c(F)c(F)cc(F)c2F)c1Cl. The van der Waals surface area contributed by atoms with Crippen LogP contribution in [0.1, 0.15) is 5.56 Å². The van der Waals surface area contributed by atoms with Crippen molar-refractivity contribution in [3.05, 3.63) is 52.2 Å². The van der Waals surface area contributed by atoms with Crippen molar-refractivity contribution in [2.24, 2.45) is 0 Å². The zero-order valence-corrected chi connectivity index (χ0v) is 10.3. The van der Waals surface area contributed by atoms with E-state index in [0.29, 0.717) is 0 Å². The smallest absolute Gasteiger partial charge is 0.185 e. The van der Waals surface area contributed by atoms with E-state index in [2.05, 4.69) is 4.98 Å². The van der Waals surface area contributed by atoms with Crippen LogP contribution in [0.5, 0.6) is 0 Å². The molecule has 0 radical (unpaired) electrons. The van der Waals surface area contributed by atoms with E-state index >= 15 is 0 Å². The third-order valence-corrected chi connectivity index (χ3v) is 2.75. The summed E-state index contributed by atoms with van der Waals surface area (Å²) in [7, 11) is 0. The summed E-state index contributed by atoms with van der Waals surface area (Å²) in [6.45, 7) is 0. The molecular formula is C12H4ClF4N3. The predicted octanol–water partition coefficient (Wildman–Crippen LogP) is 3.91. The summed E-state index contributed by atoms with van der Waals surface area (Å²) >= 11 is 5.76. The van der Waals surface area contributed by atoms with E-state index in [4.69, 9.17) is 16.9 Å². The lowest BCUT2D eigenvalue weighted by molar-refractivity contribution is 0.459. The lowest BCUT2D eigenvalue weighted by Crippen LogP contribution is -2.04. The van der Waals surface area contributed by atoms with E-state index in [1.807, 2.05) is 5.32 Å². The lowest BCUT2D eigenvalue weighted by Gasteiger charge is -2.10. The molecule has 0 atom stereocenters. The van der Waals surface area contributed by atoms with Gasteiger partial charge in [0.2, 0.25) is 0 Å². The summed E-state index contributed by atoms with van der Waals surface area (Å²) in [5.41, 5.74) is -1.09. The van der Waals surface area contributed by atoms with E-state index in [0.717, 1.165) is 6.20 Å². The molecule has 8 heteroatoms. The first kappa shape index (κ1) is 14.1. The van der Waals surface area contributed by atoms with Crippen LogP contribution in [-0.4, -0.2) is 4.98 Å². The van der Waals surface area contributed by atoms with E-state index in [1.54, 1.807) is 6.07 Å². The predicted molar refractivity (Wildman–Crippen MR) is 63.5 cm³/mol. The molecule has 2 rings (SSSR count). The minimum absolute atomic E-state index is 0.0122. The number of halogens is 5. The van der Waals surface area contributed by atoms with Gasteiger partial charge in [-0.2, -0.15) is 5.26 Å². The van der Waals surface area contributed by atoms with Gasteiger partial charge in [-0.25, -0.2) is 22.5 Å². The zero-order chi connectivity index (χ0) is 14.9. The maximum Gasteiger partial charge on any atom is 0.185 e. The Bertz CT molecular complexity index is 701. The molecule has 0 spiro atoms. The fraction of sp³-hybridized carbons (Fsp3) is 0.